The van der Waals surface area contributed by atoms with Crippen LogP contribution in [0.3, 0.4) is 0 Å². The van der Waals surface area contributed by atoms with Crippen molar-refractivity contribution in [1.82, 2.24) is 0 Å². The Kier molecular flexibility index (Phi) is 1.93. The van der Waals surface area contributed by atoms with Gasteiger partial charge in [-0.1, -0.05) is 30.3 Å². The molecule has 1 aromatic carbocycles. The maximum atomic E-state index is 10.7. The Morgan fingerprint density at radius 1 is 0.867 bits per heavy atom. The second-order valence-electron chi connectivity index (χ2n) is 5.19. The second-order valence-corrected chi connectivity index (χ2v) is 5.19. The maximum absolute atomic E-state index is 10.7. The fourth-order valence-electron chi connectivity index (χ4n) is 3.87. The van der Waals surface area contributed by atoms with Gasteiger partial charge >= 0.3 is 0 Å². The van der Waals surface area contributed by atoms with E-state index in [2.05, 4.69) is 30.3 Å². The highest BCUT2D eigenvalue weighted by Gasteiger charge is 2.57. The predicted molar refractivity (Wildman–Crippen MR) is 60.8 cm³/mol. The van der Waals surface area contributed by atoms with Crippen LogP contribution < -0.4 is 0 Å². The zero-order valence-electron chi connectivity index (χ0n) is 9.08. The third kappa shape index (κ3) is 1.13. The highest BCUT2D eigenvalue weighted by atomic mass is 16.3. The molecular formula is C14H18O. The lowest BCUT2D eigenvalue weighted by Crippen LogP contribution is -2.42. The zero-order valence-corrected chi connectivity index (χ0v) is 9.08. The predicted octanol–water partition coefficient (Wildman–Crippen LogP) is 3.02. The quantitative estimate of drug-likeness (QED) is 0.742. The SMILES string of the molecule is OC12CCCC1(c1ccccc1)CCC2. The molecule has 2 fully saturated rings. The molecule has 1 aromatic rings. The van der Waals surface area contributed by atoms with Gasteiger partial charge < -0.3 is 5.11 Å². The third-order valence-corrected chi connectivity index (χ3v) is 4.60. The standard InChI is InChI=1S/C14H18O/c15-14-10-4-8-13(14,9-5-11-14)12-6-2-1-3-7-12/h1-3,6-7,15H,4-5,8-11H2. The van der Waals surface area contributed by atoms with Crippen LogP contribution >= 0.6 is 0 Å². The van der Waals surface area contributed by atoms with E-state index in [9.17, 15) is 5.11 Å². The van der Waals surface area contributed by atoms with E-state index in [4.69, 9.17) is 0 Å². The van der Waals surface area contributed by atoms with Crippen LogP contribution in [0.25, 0.3) is 0 Å². The summed E-state index contributed by atoms with van der Waals surface area (Å²) in [6, 6.07) is 10.6. The Labute approximate surface area is 91.1 Å². The zero-order chi connectivity index (χ0) is 10.4. The summed E-state index contributed by atoms with van der Waals surface area (Å²) in [5.74, 6) is 0. The molecule has 0 radical (unpaired) electrons. The van der Waals surface area contributed by atoms with Crippen molar-refractivity contribution >= 4 is 0 Å². The van der Waals surface area contributed by atoms with Gasteiger partial charge in [-0.3, -0.25) is 0 Å². The third-order valence-electron chi connectivity index (χ3n) is 4.60. The normalized spacial score (nSPS) is 39.3. The summed E-state index contributed by atoms with van der Waals surface area (Å²) in [7, 11) is 0. The molecule has 1 N–H and O–H groups in total. The van der Waals surface area contributed by atoms with Gasteiger partial charge in [0, 0.05) is 5.41 Å². The Morgan fingerprint density at radius 2 is 1.47 bits per heavy atom. The Hall–Kier alpha value is -0.820. The highest BCUT2D eigenvalue weighted by molar-refractivity contribution is 5.33. The topological polar surface area (TPSA) is 20.2 Å². The number of fused-ring (bicyclic) bond motifs is 1. The van der Waals surface area contributed by atoms with Crippen molar-refractivity contribution in [2.24, 2.45) is 0 Å². The molecule has 0 saturated heterocycles. The van der Waals surface area contributed by atoms with Crippen molar-refractivity contribution in [3.8, 4) is 0 Å². The molecule has 1 nitrogen and oxygen atoms in total. The average molecular weight is 202 g/mol. The molecule has 80 valence electrons. The lowest BCUT2D eigenvalue weighted by molar-refractivity contribution is 0.00370. The molecule has 2 aliphatic rings. The van der Waals surface area contributed by atoms with Crippen LogP contribution in [-0.2, 0) is 5.41 Å². The van der Waals surface area contributed by atoms with E-state index in [1.165, 1.54) is 31.2 Å². The minimum absolute atomic E-state index is 0.0915. The molecule has 1 heteroatoms. The van der Waals surface area contributed by atoms with Gasteiger partial charge in [0.2, 0.25) is 0 Å². The van der Waals surface area contributed by atoms with Crippen LogP contribution in [0.5, 0.6) is 0 Å². The first-order valence-corrected chi connectivity index (χ1v) is 6.05. The smallest absolute Gasteiger partial charge is 0.0743 e. The minimum Gasteiger partial charge on any atom is -0.389 e. The number of benzene rings is 1. The van der Waals surface area contributed by atoms with Crippen molar-refractivity contribution in [3.63, 3.8) is 0 Å². The molecule has 0 atom stereocenters. The first-order valence-electron chi connectivity index (χ1n) is 6.05. The number of rotatable bonds is 1. The molecule has 0 aromatic heterocycles. The lowest BCUT2D eigenvalue weighted by Gasteiger charge is -2.37. The average Bonchev–Trinajstić information content (AvgIpc) is 2.73. The van der Waals surface area contributed by atoms with Crippen molar-refractivity contribution in [2.45, 2.75) is 49.5 Å². The molecule has 2 aliphatic carbocycles. The van der Waals surface area contributed by atoms with Gasteiger partial charge in [0.25, 0.3) is 0 Å². The van der Waals surface area contributed by atoms with Gasteiger partial charge in [-0.25, -0.2) is 0 Å². The van der Waals surface area contributed by atoms with Gasteiger partial charge in [-0.05, 0) is 44.1 Å². The molecule has 0 aliphatic heterocycles. The fourth-order valence-corrected chi connectivity index (χ4v) is 3.87. The first kappa shape index (κ1) is 9.41. The van der Waals surface area contributed by atoms with E-state index in [1.54, 1.807) is 0 Å². The molecule has 3 rings (SSSR count). The molecule has 0 bridgehead atoms. The van der Waals surface area contributed by atoms with Crippen molar-refractivity contribution in [1.29, 1.82) is 0 Å². The molecule has 2 saturated carbocycles. The van der Waals surface area contributed by atoms with Gasteiger partial charge in [0.05, 0.1) is 5.60 Å². The molecule has 0 unspecified atom stereocenters. The van der Waals surface area contributed by atoms with Crippen molar-refractivity contribution in [2.75, 3.05) is 0 Å². The summed E-state index contributed by atoms with van der Waals surface area (Å²) in [6.07, 6.45) is 6.72. The van der Waals surface area contributed by atoms with Crippen LogP contribution in [0.15, 0.2) is 30.3 Å². The van der Waals surface area contributed by atoms with Gasteiger partial charge in [-0.15, -0.1) is 0 Å². The van der Waals surface area contributed by atoms with Gasteiger partial charge in [0.15, 0.2) is 0 Å². The number of aliphatic hydroxyl groups is 1. The summed E-state index contributed by atoms with van der Waals surface area (Å²) in [5, 5.41) is 10.7. The Morgan fingerprint density at radius 3 is 2.07 bits per heavy atom. The Balaban J connectivity index is 2.10. The van der Waals surface area contributed by atoms with Crippen molar-refractivity contribution < 1.29 is 5.11 Å². The van der Waals surface area contributed by atoms with Crippen LogP contribution in [0.1, 0.15) is 44.1 Å². The number of hydrogen-bond donors (Lipinski definition) is 1. The van der Waals surface area contributed by atoms with Gasteiger partial charge in [-0.2, -0.15) is 0 Å². The second kappa shape index (κ2) is 3.08. The van der Waals surface area contributed by atoms with Gasteiger partial charge in [0.1, 0.15) is 0 Å². The summed E-state index contributed by atoms with van der Waals surface area (Å²) in [4.78, 5) is 0. The van der Waals surface area contributed by atoms with E-state index >= 15 is 0 Å². The molecule has 0 spiro atoms. The van der Waals surface area contributed by atoms with E-state index < -0.39 is 5.60 Å². The monoisotopic (exact) mass is 202 g/mol. The maximum Gasteiger partial charge on any atom is 0.0743 e. The minimum atomic E-state index is -0.394. The van der Waals surface area contributed by atoms with E-state index in [-0.39, 0.29) is 5.41 Å². The molecule has 15 heavy (non-hydrogen) atoms. The summed E-state index contributed by atoms with van der Waals surface area (Å²) >= 11 is 0. The molecular weight excluding hydrogens is 184 g/mol. The van der Waals surface area contributed by atoms with Crippen LogP contribution in [0, 0.1) is 0 Å². The summed E-state index contributed by atoms with van der Waals surface area (Å²) in [6.45, 7) is 0. The lowest BCUT2D eigenvalue weighted by atomic mass is 9.71. The first-order chi connectivity index (χ1) is 7.27. The van der Waals surface area contributed by atoms with Crippen LogP contribution in [-0.4, -0.2) is 10.7 Å². The summed E-state index contributed by atoms with van der Waals surface area (Å²) < 4.78 is 0. The van der Waals surface area contributed by atoms with E-state index in [1.807, 2.05) is 0 Å². The number of hydrogen-bond acceptors (Lipinski definition) is 1. The molecule has 0 amide bonds. The van der Waals surface area contributed by atoms with Crippen LogP contribution in [0.2, 0.25) is 0 Å². The van der Waals surface area contributed by atoms with E-state index in [0.29, 0.717) is 0 Å². The van der Waals surface area contributed by atoms with Crippen molar-refractivity contribution in [3.05, 3.63) is 35.9 Å². The highest BCUT2D eigenvalue weighted by Crippen LogP contribution is 2.57. The summed E-state index contributed by atoms with van der Waals surface area (Å²) in [5.41, 5.74) is 1.06. The van der Waals surface area contributed by atoms with Crippen LogP contribution in [0.4, 0.5) is 0 Å². The Bertz CT molecular complexity index is 345. The fraction of sp³-hybridized carbons (Fsp3) is 0.571. The molecule has 0 heterocycles. The largest absolute Gasteiger partial charge is 0.389 e. The van der Waals surface area contributed by atoms with E-state index in [0.717, 1.165) is 12.8 Å².